The summed E-state index contributed by atoms with van der Waals surface area (Å²) in [6.45, 7) is 3.43. The van der Waals surface area contributed by atoms with Crippen LogP contribution in [0.15, 0.2) is 54.6 Å². The van der Waals surface area contributed by atoms with Crippen molar-refractivity contribution in [1.82, 2.24) is 10.0 Å². The number of nitrogens with zero attached hydrogens (tertiary/aromatic N) is 2. The molecule has 1 saturated heterocycles. The normalized spacial score (nSPS) is 25.6. The van der Waals surface area contributed by atoms with Crippen LogP contribution < -0.4 is 0 Å². The van der Waals surface area contributed by atoms with Crippen molar-refractivity contribution in [1.29, 1.82) is 0 Å². The molecule has 2 fully saturated rings. The standard InChI is InChI=1S/C26H22Cl2N2O4/c1-13-3-5-15(6-4-13)23(31)14(2)29(24(32)18-9-10-19(27)20(28)12-18)30-25(33)21-16-7-8-17(11-16)22(21)26(30)34/h3-10,12,14,16-17,21-22H,11H2,1-2H3/t14-,16-,17-,21-,22+/m0/s1. The van der Waals surface area contributed by atoms with Gasteiger partial charge in [-0.2, -0.15) is 5.01 Å². The first-order valence-electron chi connectivity index (χ1n) is 11.1. The third-order valence-electron chi connectivity index (χ3n) is 7.12. The number of ketones is 1. The average Bonchev–Trinajstić information content (AvgIpc) is 3.51. The number of halogens is 2. The largest absolute Gasteiger partial charge is 0.292 e. The summed E-state index contributed by atoms with van der Waals surface area (Å²) in [7, 11) is 0. The minimum atomic E-state index is -1.11. The number of aryl methyl sites for hydroxylation is 1. The fourth-order valence-corrected chi connectivity index (χ4v) is 5.67. The molecule has 0 radical (unpaired) electrons. The molecule has 0 aromatic heterocycles. The lowest BCUT2D eigenvalue weighted by atomic mass is 9.85. The number of benzene rings is 2. The number of hydrogen-bond acceptors (Lipinski definition) is 4. The summed E-state index contributed by atoms with van der Waals surface area (Å²) in [5.41, 5.74) is 1.48. The summed E-state index contributed by atoms with van der Waals surface area (Å²) in [6.07, 6.45) is 4.72. The van der Waals surface area contributed by atoms with Crippen LogP contribution in [0.1, 0.15) is 39.6 Å². The SMILES string of the molecule is Cc1ccc(C(=O)[C@H](C)N(C(=O)c2ccc(Cl)c(Cl)c2)N2C(=O)[C@@H]3[C@H](C2=O)[C@H]2C=C[C@H]3C2)cc1. The highest BCUT2D eigenvalue weighted by atomic mass is 35.5. The van der Waals surface area contributed by atoms with Gasteiger partial charge in [0, 0.05) is 11.1 Å². The molecule has 2 aliphatic carbocycles. The summed E-state index contributed by atoms with van der Waals surface area (Å²) in [4.78, 5) is 54.2. The van der Waals surface area contributed by atoms with Crippen LogP contribution in [0.2, 0.25) is 10.0 Å². The van der Waals surface area contributed by atoms with Crippen LogP contribution in [0.25, 0.3) is 0 Å². The molecule has 2 bridgehead atoms. The summed E-state index contributed by atoms with van der Waals surface area (Å²) < 4.78 is 0. The Morgan fingerprint density at radius 1 is 0.912 bits per heavy atom. The maximum Gasteiger partial charge on any atom is 0.273 e. The molecule has 34 heavy (non-hydrogen) atoms. The van der Waals surface area contributed by atoms with Gasteiger partial charge in [-0.3, -0.25) is 19.2 Å². The number of carbonyl (C=O) groups excluding carboxylic acids is 4. The molecule has 6 nitrogen and oxygen atoms in total. The lowest BCUT2D eigenvalue weighted by Gasteiger charge is -2.35. The van der Waals surface area contributed by atoms with Gasteiger partial charge in [-0.15, -0.1) is 0 Å². The molecule has 174 valence electrons. The number of fused-ring (bicyclic) bond motifs is 5. The predicted octanol–water partition coefficient (Wildman–Crippen LogP) is 4.74. The quantitative estimate of drug-likeness (QED) is 0.340. The van der Waals surface area contributed by atoms with Crippen molar-refractivity contribution in [3.8, 4) is 0 Å². The van der Waals surface area contributed by atoms with Gasteiger partial charge in [-0.1, -0.05) is 65.2 Å². The molecule has 0 spiro atoms. The molecule has 1 aliphatic heterocycles. The van der Waals surface area contributed by atoms with E-state index in [9.17, 15) is 19.2 Å². The smallest absolute Gasteiger partial charge is 0.273 e. The molecule has 1 heterocycles. The molecule has 2 aromatic carbocycles. The Morgan fingerprint density at radius 2 is 1.47 bits per heavy atom. The van der Waals surface area contributed by atoms with Gasteiger partial charge in [-0.05, 0) is 50.3 Å². The first kappa shape index (κ1) is 22.8. The molecule has 3 amide bonds. The fourth-order valence-electron chi connectivity index (χ4n) is 5.37. The fraction of sp³-hybridized carbons (Fsp3) is 0.308. The minimum Gasteiger partial charge on any atom is -0.292 e. The zero-order chi connectivity index (χ0) is 24.3. The summed E-state index contributed by atoms with van der Waals surface area (Å²) >= 11 is 12.1. The molecular formula is C26H22Cl2N2O4. The van der Waals surface area contributed by atoms with Crippen molar-refractivity contribution in [2.24, 2.45) is 23.7 Å². The van der Waals surface area contributed by atoms with Gasteiger partial charge in [0.2, 0.25) is 0 Å². The van der Waals surface area contributed by atoms with Gasteiger partial charge in [0.25, 0.3) is 17.7 Å². The molecule has 5 rings (SSSR count). The number of amides is 3. The zero-order valence-corrected chi connectivity index (χ0v) is 20.1. The van der Waals surface area contributed by atoms with Crippen LogP contribution in [0.3, 0.4) is 0 Å². The van der Waals surface area contributed by atoms with Crippen molar-refractivity contribution >= 4 is 46.7 Å². The average molecular weight is 497 g/mol. The van der Waals surface area contributed by atoms with Gasteiger partial charge in [0.15, 0.2) is 5.78 Å². The number of hydrazine groups is 1. The lowest BCUT2D eigenvalue weighted by Crippen LogP contribution is -2.56. The number of Topliss-reactive ketones (excluding diaryl/α,β-unsaturated/α-hetero) is 1. The number of carbonyl (C=O) groups is 4. The first-order chi connectivity index (χ1) is 16.2. The van der Waals surface area contributed by atoms with Crippen LogP contribution in [0.4, 0.5) is 0 Å². The van der Waals surface area contributed by atoms with Crippen molar-refractivity contribution < 1.29 is 19.2 Å². The number of hydrogen-bond donors (Lipinski definition) is 0. The zero-order valence-electron chi connectivity index (χ0n) is 18.6. The molecule has 2 aromatic rings. The van der Waals surface area contributed by atoms with Gasteiger partial charge >= 0.3 is 0 Å². The Hall–Kier alpha value is -2.96. The Morgan fingerprint density at radius 3 is 2.03 bits per heavy atom. The Balaban J connectivity index is 1.56. The molecular weight excluding hydrogens is 475 g/mol. The van der Waals surface area contributed by atoms with Crippen LogP contribution >= 0.6 is 23.2 Å². The second-order valence-electron chi connectivity index (χ2n) is 9.17. The molecule has 0 N–H and O–H groups in total. The van der Waals surface area contributed by atoms with E-state index in [1.54, 1.807) is 24.3 Å². The van der Waals surface area contributed by atoms with E-state index in [1.165, 1.54) is 25.1 Å². The minimum absolute atomic E-state index is 0.0264. The van der Waals surface area contributed by atoms with Gasteiger partial charge in [0.1, 0.15) is 6.04 Å². The number of imide groups is 1. The van der Waals surface area contributed by atoms with E-state index in [2.05, 4.69) is 0 Å². The van der Waals surface area contributed by atoms with Gasteiger partial charge < -0.3 is 0 Å². The van der Waals surface area contributed by atoms with E-state index in [-0.39, 0.29) is 33.2 Å². The van der Waals surface area contributed by atoms with E-state index in [1.807, 2.05) is 19.1 Å². The van der Waals surface area contributed by atoms with Crippen molar-refractivity contribution in [2.75, 3.05) is 0 Å². The highest BCUT2D eigenvalue weighted by molar-refractivity contribution is 6.42. The summed E-state index contributed by atoms with van der Waals surface area (Å²) in [5, 5.41) is 2.33. The molecule has 5 atom stereocenters. The molecule has 0 unspecified atom stereocenters. The number of allylic oxidation sites excluding steroid dienone is 2. The highest BCUT2D eigenvalue weighted by Gasteiger charge is 2.61. The van der Waals surface area contributed by atoms with Crippen molar-refractivity contribution in [3.63, 3.8) is 0 Å². The van der Waals surface area contributed by atoms with Gasteiger partial charge in [-0.25, -0.2) is 5.01 Å². The second kappa shape index (κ2) is 8.36. The lowest BCUT2D eigenvalue weighted by molar-refractivity contribution is -0.157. The Bertz CT molecular complexity index is 1230. The van der Waals surface area contributed by atoms with E-state index in [0.717, 1.165) is 22.0 Å². The second-order valence-corrected chi connectivity index (χ2v) is 9.99. The van der Waals surface area contributed by atoms with Crippen molar-refractivity contribution in [3.05, 3.63) is 81.4 Å². The third-order valence-corrected chi connectivity index (χ3v) is 7.86. The summed E-state index contributed by atoms with van der Waals surface area (Å²) in [5.74, 6) is -3.00. The molecule has 1 saturated carbocycles. The Labute approximate surface area is 207 Å². The van der Waals surface area contributed by atoms with Gasteiger partial charge in [0.05, 0.1) is 21.9 Å². The molecule has 8 heteroatoms. The number of rotatable bonds is 5. The monoisotopic (exact) mass is 496 g/mol. The van der Waals surface area contributed by atoms with E-state index >= 15 is 0 Å². The highest BCUT2D eigenvalue weighted by Crippen LogP contribution is 2.53. The Kier molecular flexibility index (Phi) is 5.61. The van der Waals surface area contributed by atoms with Crippen LogP contribution in [0, 0.1) is 30.6 Å². The van der Waals surface area contributed by atoms with E-state index in [4.69, 9.17) is 23.2 Å². The molecule has 3 aliphatic rings. The third kappa shape index (κ3) is 3.48. The van der Waals surface area contributed by atoms with E-state index < -0.39 is 35.6 Å². The van der Waals surface area contributed by atoms with Crippen LogP contribution in [0.5, 0.6) is 0 Å². The topological polar surface area (TPSA) is 74.8 Å². The van der Waals surface area contributed by atoms with Crippen molar-refractivity contribution in [2.45, 2.75) is 26.3 Å². The maximum absolute atomic E-state index is 13.7. The first-order valence-corrected chi connectivity index (χ1v) is 11.9. The predicted molar refractivity (Wildman–Crippen MR) is 127 cm³/mol. The van der Waals surface area contributed by atoms with E-state index in [0.29, 0.717) is 5.56 Å². The summed E-state index contributed by atoms with van der Waals surface area (Å²) in [6, 6.07) is 10.1. The van der Waals surface area contributed by atoms with Crippen LogP contribution in [-0.2, 0) is 9.59 Å². The maximum atomic E-state index is 13.7. The van der Waals surface area contributed by atoms with Crippen LogP contribution in [-0.4, -0.2) is 39.6 Å².